The van der Waals surface area contributed by atoms with Crippen LogP contribution in [0, 0.1) is 12.0 Å². The molecule has 0 fully saturated rings. The quantitative estimate of drug-likeness (QED) is 0.460. The van der Waals surface area contributed by atoms with E-state index in [9.17, 15) is 0 Å². The molecule has 0 aliphatic heterocycles. The molecule has 1 rings (SSSR count). The summed E-state index contributed by atoms with van der Waals surface area (Å²) in [6, 6.07) is 0. The Labute approximate surface area is 144 Å². The minimum atomic E-state index is -0.556. The van der Waals surface area contributed by atoms with E-state index in [2.05, 4.69) is 72.6 Å². The average molecular weight is 370 g/mol. The summed E-state index contributed by atoms with van der Waals surface area (Å²) in [6.45, 7) is 19.8. The van der Waals surface area contributed by atoms with Gasteiger partial charge in [-0.3, -0.25) is 6.08 Å². The standard InChI is InChI=1S/C9H13.C6H16NSi.2ClH.Ti/c1-6-5-7(2)9(4)8(6)3;1-6(2,3)7-8(4)5;;;/h6H,1-4H3;7H,1-5H3;2*1H;/q-1;;;;+2/p-2. The van der Waals surface area contributed by atoms with Crippen molar-refractivity contribution in [2.45, 2.75) is 67.1 Å². The van der Waals surface area contributed by atoms with E-state index in [0.29, 0.717) is 11.5 Å². The van der Waals surface area contributed by atoms with Gasteiger partial charge in [-0.1, -0.05) is 39.8 Å². The van der Waals surface area contributed by atoms with Crippen molar-refractivity contribution in [3.8, 4) is 0 Å². The molecule has 0 aromatic rings. The van der Waals surface area contributed by atoms with Gasteiger partial charge in [0.2, 0.25) is 0 Å². The molecule has 1 unspecified atom stereocenters. The van der Waals surface area contributed by atoms with Gasteiger partial charge < -0.3 is 4.98 Å². The van der Waals surface area contributed by atoms with Gasteiger partial charge >= 0.3 is 35.6 Å². The van der Waals surface area contributed by atoms with Gasteiger partial charge in [0.1, 0.15) is 8.96 Å². The Balaban J connectivity index is 0. The van der Waals surface area contributed by atoms with Gasteiger partial charge in [0, 0.05) is 5.54 Å². The van der Waals surface area contributed by atoms with Crippen molar-refractivity contribution in [1.29, 1.82) is 0 Å². The molecule has 5 heteroatoms. The predicted molar refractivity (Wildman–Crippen MR) is 92.0 cm³/mol. The van der Waals surface area contributed by atoms with Crippen LogP contribution in [0.15, 0.2) is 16.7 Å². The van der Waals surface area contributed by atoms with Crippen molar-refractivity contribution < 1.29 is 17.0 Å². The van der Waals surface area contributed by atoms with Crippen LogP contribution in [-0.4, -0.2) is 14.5 Å². The molecule has 1 atom stereocenters. The number of hydrogen-bond donors (Lipinski definition) is 1. The van der Waals surface area contributed by atoms with Gasteiger partial charge in [0.05, 0.1) is 0 Å². The number of nitrogens with one attached hydrogen (secondary N) is 1. The first kappa shape index (κ1) is 23.2. The molecular weight excluding hydrogens is 341 g/mol. The zero-order valence-electron chi connectivity index (χ0n) is 14.3. The molecule has 0 amide bonds. The van der Waals surface area contributed by atoms with Crippen LogP contribution < -0.4 is 4.98 Å². The number of hydrogen-bond acceptors (Lipinski definition) is 1. The Morgan fingerprint density at radius 2 is 1.55 bits per heavy atom. The molecule has 1 radical (unpaired) electrons. The van der Waals surface area contributed by atoms with Crippen molar-refractivity contribution in [2.75, 3.05) is 0 Å². The molecule has 1 N–H and O–H groups in total. The van der Waals surface area contributed by atoms with Crippen molar-refractivity contribution in [1.82, 2.24) is 4.98 Å². The monoisotopic (exact) mass is 369 g/mol. The number of allylic oxidation sites excluding steroid dienone is 4. The zero-order valence-corrected chi connectivity index (χ0v) is 18.4. The second-order valence-corrected chi connectivity index (χ2v) is 11.1. The molecule has 117 valence electrons. The molecule has 0 saturated heterocycles. The number of halogens is 2. The maximum absolute atomic E-state index is 4.89. The summed E-state index contributed by atoms with van der Waals surface area (Å²) in [7, 11) is 9.54. The van der Waals surface area contributed by atoms with E-state index in [0.717, 1.165) is 0 Å². The Morgan fingerprint density at radius 3 is 1.60 bits per heavy atom. The Kier molecular flexibility index (Phi) is 13.4. The van der Waals surface area contributed by atoms with Crippen molar-refractivity contribution in [2.24, 2.45) is 5.92 Å². The second-order valence-electron chi connectivity index (χ2n) is 6.25. The van der Waals surface area contributed by atoms with E-state index in [1.807, 2.05) is 0 Å². The van der Waals surface area contributed by atoms with Gasteiger partial charge in [-0.2, -0.15) is 11.1 Å². The Hall–Kier alpha value is 0.951. The van der Waals surface area contributed by atoms with Crippen LogP contribution in [0.3, 0.4) is 0 Å². The zero-order chi connectivity index (χ0) is 16.5. The molecular formula is C15H29Cl2NSiTi-. The molecule has 1 nitrogen and oxygen atoms in total. The summed E-state index contributed by atoms with van der Waals surface area (Å²) in [6.07, 6.45) is 3.36. The first-order chi connectivity index (χ1) is 8.96. The van der Waals surface area contributed by atoms with Gasteiger partial charge in [0.25, 0.3) is 0 Å². The summed E-state index contributed by atoms with van der Waals surface area (Å²) >= 11 is -0.556. The minimum absolute atomic E-state index is 0.242. The van der Waals surface area contributed by atoms with E-state index in [4.69, 9.17) is 18.6 Å². The van der Waals surface area contributed by atoms with Gasteiger partial charge in [-0.05, 0) is 20.8 Å². The fourth-order valence-corrected chi connectivity index (χ4v) is 3.41. The normalized spacial score (nSPS) is 18.0. The number of rotatable bonds is 1. The van der Waals surface area contributed by atoms with Crippen LogP contribution in [0.2, 0.25) is 13.1 Å². The van der Waals surface area contributed by atoms with E-state index in [1.54, 1.807) is 0 Å². The van der Waals surface area contributed by atoms with Gasteiger partial charge in [0.15, 0.2) is 0 Å². The van der Waals surface area contributed by atoms with Crippen LogP contribution in [0.4, 0.5) is 0 Å². The fraction of sp³-hybridized carbons (Fsp3) is 0.733. The predicted octanol–water partition coefficient (Wildman–Crippen LogP) is 5.72. The van der Waals surface area contributed by atoms with Crippen LogP contribution in [-0.2, 0) is 17.0 Å². The van der Waals surface area contributed by atoms with Crippen LogP contribution >= 0.6 is 18.6 Å². The van der Waals surface area contributed by atoms with E-state index in [-0.39, 0.29) is 8.96 Å². The summed E-state index contributed by atoms with van der Waals surface area (Å²) < 4.78 is 0. The van der Waals surface area contributed by atoms with Gasteiger partial charge in [-0.25, -0.2) is 5.57 Å². The Morgan fingerprint density at radius 1 is 1.15 bits per heavy atom. The summed E-state index contributed by atoms with van der Waals surface area (Å²) in [5.74, 6) is 0.560. The SMILES string of the molecule is CC1=[C-]C(C)C(C)=C1C.C[Si](C)NC(C)(C)C.[Cl][Ti][Cl]. The third-order valence-corrected chi connectivity index (χ3v) is 4.11. The summed E-state index contributed by atoms with van der Waals surface area (Å²) in [5.41, 5.74) is 4.56. The van der Waals surface area contributed by atoms with Crippen LogP contribution in [0.25, 0.3) is 0 Å². The molecule has 0 heterocycles. The summed E-state index contributed by atoms with van der Waals surface area (Å²) in [4.78, 5) is 3.48. The van der Waals surface area contributed by atoms with E-state index >= 15 is 0 Å². The van der Waals surface area contributed by atoms with Crippen molar-refractivity contribution >= 4 is 27.6 Å². The van der Waals surface area contributed by atoms with Gasteiger partial charge in [-0.15, -0.1) is 6.92 Å². The van der Waals surface area contributed by atoms with Crippen LogP contribution in [0.5, 0.6) is 0 Å². The van der Waals surface area contributed by atoms with E-state index < -0.39 is 17.0 Å². The first-order valence-corrected chi connectivity index (χ1v) is 13.6. The van der Waals surface area contributed by atoms with Crippen molar-refractivity contribution in [3.63, 3.8) is 0 Å². The average Bonchev–Trinajstić information content (AvgIpc) is 2.44. The van der Waals surface area contributed by atoms with Crippen LogP contribution in [0.1, 0.15) is 48.5 Å². The molecule has 0 saturated carbocycles. The Bertz CT molecular complexity index is 333. The van der Waals surface area contributed by atoms with E-state index in [1.165, 1.54) is 16.7 Å². The molecule has 1 aliphatic rings. The molecule has 0 spiro atoms. The molecule has 0 aromatic heterocycles. The third kappa shape index (κ3) is 12.7. The first-order valence-electron chi connectivity index (χ1n) is 6.78. The topological polar surface area (TPSA) is 12.0 Å². The third-order valence-electron chi connectivity index (χ3n) is 2.86. The molecule has 1 aliphatic carbocycles. The fourth-order valence-electron chi connectivity index (χ4n) is 1.91. The molecule has 20 heavy (non-hydrogen) atoms. The maximum atomic E-state index is 4.89. The van der Waals surface area contributed by atoms with Crippen molar-refractivity contribution in [3.05, 3.63) is 22.8 Å². The molecule has 0 aromatic carbocycles. The molecule has 0 bridgehead atoms. The second kappa shape index (κ2) is 11.5. The summed E-state index contributed by atoms with van der Waals surface area (Å²) in [5, 5.41) is 0.